The van der Waals surface area contributed by atoms with Crippen LogP contribution in [0.2, 0.25) is 0 Å². The molecule has 1 aliphatic rings. The Balaban J connectivity index is 1.65. The minimum atomic E-state index is -0.795. The Morgan fingerprint density at radius 1 is 0.824 bits per heavy atom. The first-order valence-electron chi connectivity index (χ1n) is 10.7. The van der Waals surface area contributed by atoms with Crippen LogP contribution in [0.4, 0.5) is 14.9 Å². The van der Waals surface area contributed by atoms with Crippen molar-refractivity contribution in [2.45, 2.75) is 6.42 Å². The Morgan fingerprint density at radius 2 is 1.59 bits per heavy atom. The van der Waals surface area contributed by atoms with Gasteiger partial charge in [-0.2, -0.15) is 0 Å². The lowest BCUT2D eigenvalue weighted by atomic mass is 9.92. The second-order valence-corrected chi connectivity index (χ2v) is 7.96. The summed E-state index contributed by atoms with van der Waals surface area (Å²) >= 11 is 0. The molecule has 4 aromatic rings. The molecule has 5 rings (SSSR count). The van der Waals surface area contributed by atoms with Gasteiger partial charge in [-0.3, -0.25) is 14.9 Å². The first kappa shape index (κ1) is 21.3. The van der Waals surface area contributed by atoms with E-state index in [4.69, 9.17) is 0 Å². The van der Waals surface area contributed by atoms with Gasteiger partial charge in [0.15, 0.2) is 0 Å². The van der Waals surface area contributed by atoms with E-state index < -0.39 is 17.8 Å². The molecule has 166 valence electrons. The van der Waals surface area contributed by atoms with Gasteiger partial charge in [0, 0.05) is 0 Å². The van der Waals surface area contributed by atoms with E-state index in [0.29, 0.717) is 17.7 Å². The molecule has 4 aromatic carbocycles. The number of barbiturate groups is 1. The van der Waals surface area contributed by atoms with Crippen LogP contribution in [0.3, 0.4) is 0 Å². The smallest absolute Gasteiger partial charge is 0.273 e. The predicted molar refractivity (Wildman–Crippen MR) is 129 cm³/mol. The minimum Gasteiger partial charge on any atom is -0.273 e. The third-order valence-corrected chi connectivity index (χ3v) is 5.75. The van der Waals surface area contributed by atoms with Crippen LogP contribution in [-0.2, 0) is 16.0 Å². The molecule has 1 saturated heterocycles. The number of carbonyl (C=O) groups is 3. The van der Waals surface area contributed by atoms with Gasteiger partial charge in [-0.05, 0) is 64.2 Å². The Labute approximate surface area is 195 Å². The minimum absolute atomic E-state index is 0.153. The molecule has 5 nitrogen and oxygen atoms in total. The summed E-state index contributed by atoms with van der Waals surface area (Å²) in [5.41, 5.74) is 2.46. The van der Waals surface area contributed by atoms with E-state index in [0.717, 1.165) is 26.8 Å². The molecule has 1 heterocycles. The van der Waals surface area contributed by atoms with Crippen LogP contribution >= 0.6 is 0 Å². The van der Waals surface area contributed by atoms with Gasteiger partial charge < -0.3 is 0 Å². The summed E-state index contributed by atoms with van der Waals surface area (Å²) in [5, 5.41) is 4.03. The Morgan fingerprint density at radius 3 is 2.38 bits per heavy atom. The van der Waals surface area contributed by atoms with Gasteiger partial charge in [0.2, 0.25) is 0 Å². The molecule has 34 heavy (non-hydrogen) atoms. The third kappa shape index (κ3) is 3.97. The van der Waals surface area contributed by atoms with E-state index in [-0.39, 0.29) is 11.4 Å². The van der Waals surface area contributed by atoms with Crippen molar-refractivity contribution in [2.24, 2.45) is 0 Å². The first-order chi connectivity index (χ1) is 16.5. The van der Waals surface area contributed by atoms with Crippen LogP contribution in [0, 0.1) is 5.82 Å². The van der Waals surface area contributed by atoms with E-state index in [1.54, 1.807) is 36.4 Å². The largest absolute Gasteiger partial charge is 0.335 e. The number of urea groups is 1. The molecule has 4 amide bonds. The molecule has 0 saturated carbocycles. The highest BCUT2D eigenvalue weighted by Gasteiger charge is 2.37. The number of benzene rings is 4. The number of carbonyl (C=O) groups excluding carboxylic acids is 3. The van der Waals surface area contributed by atoms with Crippen LogP contribution in [0.1, 0.15) is 16.7 Å². The summed E-state index contributed by atoms with van der Waals surface area (Å²) in [6.07, 6.45) is 1.93. The zero-order valence-corrected chi connectivity index (χ0v) is 18.0. The molecule has 0 atom stereocenters. The Hall–Kier alpha value is -4.58. The lowest BCUT2D eigenvalue weighted by molar-refractivity contribution is -0.122. The van der Waals surface area contributed by atoms with Crippen molar-refractivity contribution in [3.63, 3.8) is 0 Å². The Bertz CT molecular complexity index is 1480. The number of imide groups is 2. The fraction of sp³-hybridized carbons (Fsp3) is 0.0357. The molecule has 0 aromatic heterocycles. The molecule has 6 heteroatoms. The second kappa shape index (κ2) is 8.75. The zero-order chi connectivity index (χ0) is 23.7. The maximum Gasteiger partial charge on any atom is 0.335 e. The lowest BCUT2D eigenvalue weighted by Gasteiger charge is -2.26. The molecule has 0 radical (unpaired) electrons. The predicted octanol–water partition coefficient (Wildman–Crippen LogP) is 5.24. The highest BCUT2D eigenvalue weighted by atomic mass is 19.1. The van der Waals surface area contributed by atoms with Gasteiger partial charge in [-0.15, -0.1) is 0 Å². The lowest BCUT2D eigenvalue weighted by Crippen LogP contribution is -2.54. The summed E-state index contributed by atoms with van der Waals surface area (Å²) in [6.45, 7) is 0. The third-order valence-electron chi connectivity index (χ3n) is 5.75. The number of halogens is 1. The number of hydrogen-bond donors (Lipinski definition) is 1. The van der Waals surface area contributed by atoms with Crippen molar-refractivity contribution < 1.29 is 18.8 Å². The van der Waals surface area contributed by atoms with Crippen molar-refractivity contribution in [3.05, 3.63) is 119 Å². The van der Waals surface area contributed by atoms with Crippen molar-refractivity contribution in [1.82, 2.24) is 5.32 Å². The highest BCUT2D eigenvalue weighted by Crippen LogP contribution is 2.29. The van der Waals surface area contributed by atoms with Crippen LogP contribution in [0.15, 0.2) is 96.6 Å². The fourth-order valence-corrected chi connectivity index (χ4v) is 4.15. The second-order valence-electron chi connectivity index (χ2n) is 7.96. The topological polar surface area (TPSA) is 66.5 Å². The SMILES string of the molecule is O=C1NC(=O)N(c2ccccc2)C(=O)/C1=C/c1c(Cc2cccc(F)c2)ccc2ccccc12. The summed E-state index contributed by atoms with van der Waals surface area (Å²) in [7, 11) is 0. The maximum absolute atomic E-state index is 13.8. The van der Waals surface area contributed by atoms with Crippen LogP contribution in [0.25, 0.3) is 16.8 Å². The molecule has 0 aliphatic carbocycles. The molecule has 0 bridgehead atoms. The number of anilines is 1. The summed E-state index contributed by atoms with van der Waals surface area (Å²) in [6, 6.07) is 25.4. The molecule has 0 unspecified atom stereocenters. The van der Waals surface area contributed by atoms with Gasteiger partial charge in [-0.25, -0.2) is 14.1 Å². The normalized spacial score (nSPS) is 15.1. The van der Waals surface area contributed by atoms with Gasteiger partial charge in [-0.1, -0.05) is 66.7 Å². The number of rotatable bonds is 4. The number of hydrogen-bond acceptors (Lipinski definition) is 3. The van der Waals surface area contributed by atoms with Gasteiger partial charge in [0.1, 0.15) is 11.4 Å². The standard InChI is InChI=1S/C28H19FN2O3/c29-21-9-6-7-18(16-21)15-20-14-13-19-8-4-5-12-23(19)24(20)17-25-26(32)30-28(34)31(27(25)33)22-10-2-1-3-11-22/h1-14,16-17H,15H2,(H,30,32,34)/b25-17+. The quantitative estimate of drug-likeness (QED) is 0.342. The number of para-hydroxylation sites is 1. The molecule has 0 spiro atoms. The van der Waals surface area contributed by atoms with Crippen LogP contribution in [0.5, 0.6) is 0 Å². The van der Waals surface area contributed by atoms with Gasteiger partial charge >= 0.3 is 6.03 Å². The van der Waals surface area contributed by atoms with Crippen molar-refractivity contribution >= 4 is 40.4 Å². The molecular formula is C28H19FN2O3. The first-order valence-corrected chi connectivity index (χ1v) is 10.7. The van der Waals surface area contributed by atoms with E-state index in [2.05, 4.69) is 5.32 Å². The van der Waals surface area contributed by atoms with Gasteiger partial charge in [0.25, 0.3) is 11.8 Å². The van der Waals surface area contributed by atoms with Crippen LogP contribution < -0.4 is 10.2 Å². The highest BCUT2D eigenvalue weighted by molar-refractivity contribution is 6.39. The van der Waals surface area contributed by atoms with E-state index in [9.17, 15) is 18.8 Å². The van der Waals surface area contributed by atoms with E-state index in [1.165, 1.54) is 18.2 Å². The average molecular weight is 450 g/mol. The average Bonchev–Trinajstić information content (AvgIpc) is 2.83. The number of amides is 4. The zero-order valence-electron chi connectivity index (χ0n) is 18.0. The number of fused-ring (bicyclic) bond motifs is 1. The van der Waals surface area contributed by atoms with E-state index >= 15 is 0 Å². The Kier molecular flexibility index (Phi) is 5.47. The maximum atomic E-state index is 13.8. The molecule has 1 aliphatic heterocycles. The number of nitrogens with zero attached hydrogens (tertiary/aromatic N) is 1. The van der Waals surface area contributed by atoms with Crippen molar-refractivity contribution in [2.75, 3.05) is 4.90 Å². The van der Waals surface area contributed by atoms with Crippen molar-refractivity contribution in [3.8, 4) is 0 Å². The van der Waals surface area contributed by atoms with E-state index in [1.807, 2.05) is 42.5 Å². The summed E-state index contributed by atoms with van der Waals surface area (Å²) < 4.78 is 13.8. The number of nitrogens with one attached hydrogen (secondary N) is 1. The summed E-state index contributed by atoms with van der Waals surface area (Å²) in [4.78, 5) is 39.5. The molecular weight excluding hydrogens is 431 g/mol. The van der Waals surface area contributed by atoms with Crippen molar-refractivity contribution in [1.29, 1.82) is 0 Å². The monoisotopic (exact) mass is 450 g/mol. The fourth-order valence-electron chi connectivity index (χ4n) is 4.15. The molecule has 1 fully saturated rings. The molecule has 1 N–H and O–H groups in total. The summed E-state index contributed by atoms with van der Waals surface area (Å²) in [5.74, 6) is -1.80. The van der Waals surface area contributed by atoms with Gasteiger partial charge in [0.05, 0.1) is 5.69 Å². The van der Waals surface area contributed by atoms with Crippen LogP contribution in [-0.4, -0.2) is 17.8 Å².